The summed E-state index contributed by atoms with van der Waals surface area (Å²) in [7, 11) is 0. The molecule has 0 bridgehead atoms. The minimum absolute atomic E-state index is 0.00504. The van der Waals surface area contributed by atoms with Gasteiger partial charge in [-0.05, 0) is 18.1 Å². The predicted molar refractivity (Wildman–Crippen MR) is 66.4 cm³/mol. The zero-order valence-electron chi connectivity index (χ0n) is 9.37. The van der Waals surface area contributed by atoms with Gasteiger partial charge in [0.05, 0.1) is 0 Å². The molecule has 0 heterocycles. The molecule has 0 saturated heterocycles. The van der Waals surface area contributed by atoms with Crippen molar-refractivity contribution in [3.8, 4) is 0 Å². The van der Waals surface area contributed by atoms with E-state index in [1.165, 1.54) is 0 Å². The molecule has 0 aliphatic carbocycles. The van der Waals surface area contributed by atoms with Gasteiger partial charge in [0, 0.05) is 24.0 Å². The minimum atomic E-state index is -0.133. The number of hydrogen-bond acceptors (Lipinski definition) is 2. The van der Waals surface area contributed by atoms with Gasteiger partial charge in [-0.3, -0.25) is 4.79 Å². The van der Waals surface area contributed by atoms with Gasteiger partial charge in [-0.25, -0.2) is 0 Å². The van der Waals surface area contributed by atoms with Crippen molar-refractivity contribution in [3.63, 3.8) is 0 Å². The highest BCUT2D eigenvalue weighted by Crippen LogP contribution is 2.14. The molecule has 1 rings (SSSR count). The molecule has 3 N–H and O–H groups in total. The molecule has 1 amide bonds. The molecule has 16 heavy (non-hydrogen) atoms. The van der Waals surface area contributed by atoms with Crippen molar-refractivity contribution in [3.05, 3.63) is 34.9 Å². The Labute approximate surface area is 101 Å². The fraction of sp³-hybridized carbons (Fsp3) is 0.417. The van der Waals surface area contributed by atoms with E-state index in [1.54, 1.807) is 0 Å². The number of amides is 1. The summed E-state index contributed by atoms with van der Waals surface area (Å²) in [6.45, 7) is 2.77. The smallest absolute Gasteiger partial charge is 0.224 e. The van der Waals surface area contributed by atoms with Gasteiger partial charge < -0.3 is 11.1 Å². The molecule has 0 saturated carbocycles. The summed E-state index contributed by atoms with van der Waals surface area (Å²) in [6, 6.07) is 7.63. The van der Waals surface area contributed by atoms with Crippen LogP contribution in [0, 0.1) is 5.92 Å². The molecule has 4 heteroatoms. The second kappa shape index (κ2) is 6.51. The SMILES string of the molecule is CC(CN)C(=O)NCCc1ccccc1Cl. The van der Waals surface area contributed by atoms with Crippen LogP contribution in [0.5, 0.6) is 0 Å². The molecule has 1 aromatic rings. The van der Waals surface area contributed by atoms with E-state index in [1.807, 2.05) is 31.2 Å². The van der Waals surface area contributed by atoms with E-state index < -0.39 is 0 Å². The van der Waals surface area contributed by atoms with Crippen LogP contribution in [0.25, 0.3) is 0 Å². The fourth-order valence-electron chi connectivity index (χ4n) is 1.30. The maximum Gasteiger partial charge on any atom is 0.224 e. The second-order valence-corrected chi connectivity index (χ2v) is 4.18. The largest absolute Gasteiger partial charge is 0.355 e. The summed E-state index contributed by atoms with van der Waals surface area (Å²) in [6.07, 6.45) is 0.739. The van der Waals surface area contributed by atoms with E-state index in [9.17, 15) is 4.79 Å². The van der Waals surface area contributed by atoms with E-state index >= 15 is 0 Å². The van der Waals surface area contributed by atoms with E-state index in [0.29, 0.717) is 13.1 Å². The third-order valence-electron chi connectivity index (χ3n) is 2.45. The van der Waals surface area contributed by atoms with Gasteiger partial charge in [0.15, 0.2) is 0 Å². The van der Waals surface area contributed by atoms with Crippen LogP contribution >= 0.6 is 11.6 Å². The molecular formula is C12H17ClN2O. The van der Waals surface area contributed by atoms with Crippen LogP contribution in [0.4, 0.5) is 0 Å². The zero-order valence-corrected chi connectivity index (χ0v) is 10.1. The quantitative estimate of drug-likeness (QED) is 0.821. The van der Waals surface area contributed by atoms with Gasteiger partial charge >= 0.3 is 0 Å². The Bertz CT molecular complexity index is 355. The molecule has 0 aliphatic heterocycles. The number of nitrogens with one attached hydrogen (secondary N) is 1. The van der Waals surface area contributed by atoms with Crippen molar-refractivity contribution in [1.29, 1.82) is 0 Å². The minimum Gasteiger partial charge on any atom is -0.355 e. The Morgan fingerprint density at radius 2 is 2.19 bits per heavy atom. The number of benzene rings is 1. The van der Waals surface area contributed by atoms with Crippen LogP contribution in [-0.4, -0.2) is 19.0 Å². The van der Waals surface area contributed by atoms with E-state index in [2.05, 4.69) is 5.32 Å². The van der Waals surface area contributed by atoms with Crippen molar-refractivity contribution in [2.45, 2.75) is 13.3 Å². The van der Waals surface area contributed by atoms with Crippen LogP contribution in [-0.2, 0) is 11.2 Å². The summed E-state index contributed by atoms with van der Waals surface area (Å²) in [5.41, 5.74) is 6.44. The van der Waals surface area contributed by atoms with Gasteiger partial charge in [-0.15, -0.1) is 0 Å². The lowest BCUT2D eigenvalue weighted by Crippen LogP contribution is -2.34. The number of carbonyl (C=O) groups excluding carboxylic acids is 1. The maximum atomic E-state index is 11.4. The Hall–Kier alpha value is -1.06. The number of halogens is 1. The van der Waals surface area contributed by atoms with Crippen LogP contribution in [0.1, 0.15) is 12.5 Å². The van der Waals surface area contributed by atoms with Crippen molar-refractivity contribution >= 4 is 17.5 Å². The first kappa shape index (κ1) is 13.0. The lowest BCUT2D eigenvalue weighted by Gasteiger charge is -2.10. The number of carbonyl (C=O) groups is 1. The van der Waals surface area contributed by atoms with Gasteiger partial charge in [0.25, 0.3) is 0 Å². The molecule has 1 aromatic carbocycles. The molecule has 0 fully saturated rings. The van der Waals surface area contributed by atoms with Crippen molar-refractivity contribution < 1.29 is 4.79 Å². The third-order valence-corrected chi connectivity index (χ3v) is 2.82. The molecule has 0 aliphatic rings. The highest BCUT2D eigenvalue weighted by atomic mass is 35.5. The number of nitrogens with two attached hydrogens (primary N) is 1. The number of hydrogen-bond donors (Lipinski definition) is 2. The average molecular weight is 241 g/mol. The summed E-state index contributed by atoms with van der Waals surface area (Å²) in [4.78, 5) is 11.4. The number of rotatable bonds is 5. The van der Waals surface area contributed by atoms with Gasteiger partial charge in [-0.2, -0.15) is 0 Å². The monoisotopic (exact) mass is 240 g/mol. The highest BCUT2D eigenvalue weighted by Gasteiger charge is 2.09. The van der Waals surface area contributed by atoms with Crippen LogP contribution < -0.4 is 11.1 Å². The molecule has 0 spiro atoms. The highest BCUT2D eigenvalue weighted by molar-refractivity contribution is 6.31. The summed E-state index contributed by atoms with van der Waals surface area (Å²) < 4.78 is 0. The van der Waals surface area contributed by atoms with Crippen LogP contribution in [0.3, 0.4) is 0 Å². The summed E-state index contributed by atoms with van der Waals surface area (Å²) in [5, 5.41) is 3.57. The van der Waals surface area contributed by atoms with Crippen molar-refractivity contribution in [1.82, 2.24) is 5.32 Å². The Balaban J connectivity index is 2.36. The third kappa shape index (κ3) is 3.83. The summed E-state index contributed by atoms with van der Waals surface area (Å²) in [5.74, 6) is -0.138. The van der Waals surface area contributed by atoms with Crippen molar-refractivity contribution in [2.75, 3.05) is 13.1 Å². The van der Waals surface area contributed by atoms with Crippen LogP contribution in [0.2, 0.25) is 5.02 Å². The molecule has 1 unspecified atom stereocenters. The molecule has 3 nitrogen and oxygen atoms in total. The Morgan fingerprint density at radius 3 is 2.81 bits per heavy atom. The molecule has 1 atom stereocenters. The van der Waals surface area contributed by atoms with E-state index in [0.717, 1.165) is 17.0 Å². The zero-order chi connectivity index (χ0) is 12.0. The molecular weight excluding hydrogens is 224 g/mol. The van der Waals surface area contributed by atoms with Gasteiger partial charge in [-0.1, -0.05) is 36.7 Å². The maximum absolute atomic E-state index is 11.4. The Morgan fingerprint density at radius 1 is 1.50 bits per heavy atom. The standard InChI is InChI=1S/C12H17ClN2O/c1-9(8-14)12(16)15-7-6-10-4-2-3-5-11(10)13/h2-5,9H,6-8,14H2,1H3,(H,15,16). The summed E-state index contributed by atoms with van der Waals surface area (Å²) >= 11 is 6.00. The topological polar surface area (TPSA) is 55.1 Å². The van der Waals surface area contributed by atoms with Crippen molar-refractivity contribution in [2.24, 2.45) is 11.7 Å². The lowest BCUT2D eigenvalue weighted by atomic mass is 10.1. The first-order valence-electron chi connectivity index (χ1n) is 5.36. The van der Waals surface area contributed by atoms with E-state index in [4.69, 9.17) is 17.3 Å². The van der Waals surface area contributed by atoms with Crippen LogP contribution in [0.15, 0.2) is 24.3 Å². The van der Waals surface area contributed by atoms with Gasteiger partial charge in [0.1, 0.15) is 0 Å². The first-order chi connectivity index (χ1) is 7.65. The molecule has 88 valence electrons. The normalized spacial score (nSPS) is 12.2. The second-order valence-electron chi connectivity index (χ2n) is 3.77. The molecule has 0 aromatic heterocycles. The fourth-order valence-corrected chi connectivity index (χ4v) is 1.53. The lowest BCUT2D eigenvalue weighted by molar-refractivity contribution is -0.124. The Kier molecular flexibility index (Phi) is 5.29. The first-order valence-corrected chi connectivity index (χ1v) is 5.74. The van der Waals surface area contributed by atoms with E-state index in [-0.39, 0.29) is 11.8 Å². The predicted octanol–water partition coefficient (Wildman–Crippen LogP) is 1.59. The average Bonchev–Trinajstić information content (AvgIpc) is 2.30. The molecule has 0 radical (unpaired) electrons. The van der Waals surface area contributed by atoms with Gasteiger partial charge in [0.2, 0.25) is 5.91 Å².